The van der Waals surface area contributed by atoms with Crippen LogP contribution in [-0.2, 0) is 19.1 Å². The molecule has 0 radical (unpaired) electrons. The lowest BCUT2D eigenvalue weighted by atomic mass is 10.1. The van der Waals surface area contributed by atoms with E-state index in [4.69, 9.17) is 21.1 Å². The molecule has 39 heavy (non-hydrogen) atoms. The van der Waals surface area contributed by atoms with Gasteiger partial charge in [-0.2, -0.15) is 0 Å². The van der Waals surface area contributed by atoms with E-state index < -0.39 is 29.6 Å². The van der Waals surface area contributed by atoms with E-state index in [0.29, 0.717) is 23.8 Å². The predicted octanol–water partition coefficient (Wildman–Crippen LogP) is 3.92. The van der Waals surface area contributed by atoms with Gasteiger partial charge in [-0.05, 0) is 46.2 Å². The molecule has 0 unspecified atom stereocenters. The maximum absolute atomic E-state index is 13.5. The fourth-order valence-corrected chi connectivity index (χ4v) is 4.27. The molecule has 1 aliphatic heterocycles. The first-order valence-electron chi connectivity index (χ1n) is 12.9. The molecule has 1 aliphatic rings. The van der Waals surface area contributed by atoms with Crippen molar-refractivity contribution in [2.45, 2.75) is 52.2 Å². The number of esters is 1. The van der Waals surface area contributed by atoms with Crippen LogP contribution in [0.25, 0.3) is 11.3 Å². The lowest BCUT2D eigenvalue weighted by molar-refractivity contribution is -0.155. The van der Waals surface area contributed by atoms with Gasteiger partial charge in [-0.25, -0.2) is 9.78 Å². The van der Waals surface area contributed by atoms with E-state index in [0.717, 1.165) is 5.56 Å². The Labute approximate surface area is 233 Å². The zero-order valence-electron chi connectivity index (χ0n) is 22.7. The highest BCUT2D eigenvalue weighted by Crippen LogP contribution is 2.22. The average Bonchev–Trinajstić information content (AvgIpc) is 2.90. The number of hydrogen-bond donors (Lipinski definition) is 1. The molecule has 10 nitrogen and oxygen atoms in total. The van der Waals surface area contributed by atoms with E-state index in [1.165, 1.54) is 11.0 Å². The van der Waals surface area contributed by atoms with Crippen LogP contribution in [0, 0.1) is 0 Å². The van der Waals surface area contributed by atoms with E-state index in [-0.39, 0.29) is 44.1 Å². The zero-order chi connectivity index (χ0) is 28.6. The number of hydrogen-bond acceptors (Lipinski definition) is 7. The minimum Gasteiger partial charge on any atom is -0.460 e. The predicted molar refractivity (Wildman–Crippen MR) is 146 cm³/mol. The number of nitrogens with zero attached hydrogens (tertiary/aromatic N) is 3. The Morgan fingerprint density at radius 3 is 2.28 bits per heavy atom. The number of nitrogens with one attached hydrogen (secondary N) is 1. The number of amides is 3. The molecule has 1 aromatic heterocycles. The Balaban J connectivity index is 1.76. The van der Waals surface area contributed by atoms with Gasteiger partial charge in [0.05, 0.1) is 12.3 Å². The van der Waals surface area contributed by atoms with E-state index >= 15 is 0 Å². The minimum absolute atomic E-state index is 0.0314. The van der Waals surface area contributed by atoms with Crippen LogP contribution in [-0.4, -0.2) is 83.1 Å². The summed E-state index contributed by atoms with van der Waals surface area (Å²) in [5.41, 5.74) is 0.663. The summed E-state index contributed by atoms with van der Waals surface area (Å²) in [6.45, 7) is 8.40. The molecule has 1 aromatic carbocycles. The lowest BCUT2D eigenvalue weighted by Crippen LogP contribution is -2.56. The molecule has 0 saturated carbocycles. The van der Waals surface area contributed by atoms with Crippen LogP contribution >= 0.6 is 11.6 Å². The van der Waals surface area contributed by atoms with Gasteiger partial charge in [-0.15, -0.1) is 0 Å². The van der Waals surface area contributed by atoms with E-state index in [9.17, 15) is 19.2 Å². The number of carbonyl (C=O) groups is 4. The molecule has 1 fully saturated rings. The zero-order valence-corrected chi connectivity index (χ0v) is 23.5. The van der Waals surface area contributed by atoms with Crippen molar-refractivity contribution < 1.29 is 28.7 Å². The normalized spacial score (nSPS) is 14.4. The third-order valence-electron chi connectivity index (χ3n) is 5.87. The van der Waals surface area contributed by atoms with Crippen LogP contribution in [0.1, 0.15) is 51.0 Å². The van der Waals surface area contributed by atoms with Crippen molar-refractivity contribution in [1.82, 2.24) is 20.1 Å². The first-order valence-corrected chi connectivity index (χ1v) is 13.3. The first-order chi connectivity index (χ1) is 18.5. The molecule has 3 rings (SSSR count). The SMILES string of the molecule is CCOC(=O)N1CCN(C(=O)[C@H](CCC(=O)OC(C)(C)C)NC(=O)c2cc(Cl)cc(-c3ccccc3)n2)CC1. The monoisotopic (exact) mass is 558 g/mol. The molecule has 0 bridgehead atoms. The molecule has 3 amide bonds. The first kappa shape index (κ1) is 29.9. The number of halogens is 1. The van der Waals surface area contributed by atoms with E-state index in [1.807, 2.05) is 30.3 Å². The molecule has 2 heterocycles. The summed E-state index contributed by atoms with van der Waals surface area (Å²) in [5, 5.41) is 3.06. The number of ether oxygens (including phenoxy) is 2. The van der Waals surface area contributed by atoms with Gasteiger partial charge in [0.2, 0.25) is 5.91 Å². The van der Waals surface area contributed by atoms with Crippen molar-refractivity contribution in [1.29, 1.82) is 0 Å². The van der Waals surface area contributed by atoms with E-state index in [2.05, 4.69) is 10.3 Å². The maximum Gasteiger partial charge on any atom is 0.409 e. The van der Waals surface area contributed by atoms with Crippen LogP contribution in [0.3, 0.4) is 0 Å². The van der Waals surface area contributed by atoms with Crippen molar-refractivity contribution in [2.24, 2.45) is 0 Å². The molecule has 1 atom stereocenters. The fourth-order valence-electron chi connectivity index (χ4n) is 4.06. The quantitative estimate of drug-likeness (QED) is 0.488. The third kappa shape index (κ3) is 8.95. The molecule has 11 heteroatoms. The van der Waals surface area contributed by atoms with Crippen molar-refractivity contribution in [3.05, 3.63) is 53.2 Å². The van der Waals surface area contributed by atoms with Crippen molar-refractivity contribution in [3.8, 4) is 11.3 Å². The molecule has 210 valence electrons. The van der Waals surface area contributed by atoms with Crippen molar-refractivity contribution >= 4 is 35.5 Å². The molecule has 2 aromatic rings. The van der Waals surface area contributed by atoms with Gasteiger partial charge in [0.15, 0.2) is 0 Å². The largest absolute Gasteiger partial charge is 0.460 e. The standard InChI is InChI=1S/C28H35ClN4O6/c1-5-38-27(37)33-15-13-32(14-16-33)26(36)21(11-12-24(34)39-28(2,3)4)31-25(35)23-18-20(29)17-22(30-23)19-9-7-6-8-10-19/h6-10,17-18,21H,5,11-16H2,1-4H3,(H,31,35)/t21-/m0/s1. The Morgan fingerprint density at radius 2 is 1.67 bits per heavy atom. The van der Waals surface area contributed by atoms with Gasteiger partial charge in [0, 0.05) is 43.2 Å². The van der Waals surface area contributed by atoms with Crippen LogP contribution in [0.5, 0.6) is 0 Å². The second kappa shape index (κ2) is 13.4. The Hall–Kier alpha value is -3.66. The Kier molecular flexibility index (Phi) is 10.3. The third-order valence-corrected chi connectivity index (χ3v) is 6.09. The van der Waals surface area contributed by atoms with Gasteiger partial charge in [0.1, 0.15) is 17.3 Å². The summed E-state index contributed by atoms with van der Waals surface area (Å²) in [7, 11) is 0. The molecule has 1 saturated heterocycles. The summed E-state index contributed by atoms with van der Waals surface area (Å²) >= 11 is 6.29. The summed E-state index contributed by atoms with van der Waals surface area (Å²) in [5.74, 6) is -1.43. The number of rotatable bonds is 8. The number of aromatic nitrogens is 1. The minimum atomic E-state index is -1.01. The highest BCUT2D eigenvalue weighted by Gasteiger charge is 2.31. The molecular formula is C28H35ClN4O6. The average molecular weight is 559 g/mol. The van der Waals surface area contributed by atoms with Gasteiger partial charge >= 0.3 is 12.1 Å². The lowest BCUT2D eigenvalue weighted by Gasteiger charge is -2.36. The van der Waals surface area contributed by atoms with Gasteiger partial charge in [-0.3, -0.25) is 14.4 Å². The van der Waals surface area contributed by atoms with Crippen LogP contribution in [0.15, 0.2) is 42.5 Å². The van der Waals surface area contributed by atoms with E-state index in [1.54, 1.807) is 38.7 Å². The maximum atomic E-state index is 13.5. The summed E-state index contributed by atoms with van der Waals surface area (Å²) in [4.78, 5) is 58.7. The number of benzene rings is 1. The molecule has 1 N–H and O–H groups in total. The summed E-state index contributed by atoms with van der Waals surface area (Å²) < 4.78 is 10.4. The van der Waals surface area contributed by atoms with Crippen molar-refractivity contribution in [2.75, 3.05) is 32.8 Å². The topological polar surface area (TPSA) is 118 Å². The smallest absolute Gasteiger partial charge is 0.409 e. The highest BCUT2D eigenvalue weighted by atomic mass is 35.5. The van der Waals surface area contributed by atoms with Gasteiger partial charge in [0.25, 0.3) is 5.91 Å². The van der Waals surface area contributed by atoms with Crippen LogP contribution < -0.4 is 5.32 Å². The number of carbonyl (C=O) groups excluding carboxylic acids is 4. The molecule has 0 aliphatic carbocycles. The molecule has 0 spiro atoms. The summed E-state index contributed by atoms with van der Waals surface area (Å²) in [6, 6.07) is 11.3. The second-order valence-corrected chi connectivity index (χ2v) is 10.5. The van der Waals surface area contributed by atoms with Crippen LogP contribution in [0.4, 0.5) is 4.79 Å². The molecular weight excluding hydrogens is 524 g/mol. The van der Waals surface area contributed by atoms with Gasteiger partial charge in [-0.1, -0.05) is 41.9 Å². The Bertz CT molecular complexity index is 1180. The van der Waals surface area contributed by atoms with Crippen LogP contribution in [0.2, 0.25) is 5.02 Å². The highest BCUT2D eigenvalue weighted by molar-refractivity contribution is 6.31. The van der Waals surface area contributed by atoms with Crippen molar-refractivity contribution in [3.63, 3.8) is 0 Å². The number of piperazine rings is 1. The second-order valence-electron chi connectivity index (χ2n) is 10.1. The number of pyridine rings is 1. The summed E-state index contributed by atoms with van der Waals surface area (Å²) in [6.07, 6.45) is -0.473. The van der Waals surface area contributed by atoms with Gasteiger partial charge < -0.3 is 24.6 Å². The fraction of sp³-hybridized carbons (Fsp3) is 0.464. The Morgan fingerprint density at radius 1 is 1.03 bits per heavy atom.